The van der Waals surface area contributed by atoms with Gasteiger partial charge in [0.05, 0.1) is 0 Å². The van der Waals surface area contributed by atoms with Crippen LogP contribution in [0.4, 0.5) is 0 Å². The molecule has 0 unspecified atom stereocenters. The molecule has 3 nitrogen and oxygen atoms in total. The quantitative estimate of drug-likeness (QED) is 0.795. The largest absolute Gasteiger partial charge is 0.473 e. The predicted molar refractivity (Wildman–Crippen MR) is 71.3 cm³/mol. The highest BCUT2D eigenvalue weighted by Gasteiger charge is 2.09. The lowest BCUT2D eigenvalue weighted by molar-refractivity contribution is 0.346. The third kappa shape index (κ3) is 5.50. The Bertz CT molecular complexity index is 380. The fourth-order valence-electron chi connectivity index (χ4n) is 1.39. The summed E-state index contributed by atoms with van der Waals surface area (Å²) in [5, 5.41) is 3.45. The van der Waals surface area contributed by atoms with E-state index in [-0.39, 0.29) is 5.54 Å². The molecule has 0 aliphatic heterocycles. The molecule has 1 aromatic heterocycles. The van der Waals surface area contributed by atoms with Gasteiger partial charge in [0.1, 0.15) is 6.61 Å². The van der Waals surface area contributed by atoms with Gasteiger partial charge in [-0.1, -0.05) is 12.7 Å². The number of hydrogen-bond acceptors (Lipinski definition) is 3. The zero-order chi connectivity index (χ0) is 12.9. The van der Waals surface area contributed by atoms with Crippen LogP contribution in [0.3, 0.4) is 0 Å². The number of aryl methyl sites for hydroxylation is 1. The highest BCUT2D eigenvalue weighted by Crippen LogP contribution is 2.13. The first kappa shape index (κ1) is 13.7. The second-order valence-electron chi connectivity index (χ2n) is 5.16. The van der Waals surface area contributed by atoms with Crippen LogP contribution in [-0.4, -0.2) is 17.1 Å². The van der Waals surface area contributed by atoms with Crippen molar-refractivity contribution >= 4 is 0 Å². The highest BCUT2D eigenvalue weighted by molar-refractivity contribution is 5.24. The van der Waals surface area contributed by atoms with Crippen LogP contribution < -0.4 is 10.1 Å². The van der Waals surface area contributed by atoms with Crippen LogP contribution in [0.15, 0.2) is 24.8 Å². The zero-order valence-corrected chi connectivity index (χ0v) is 11.2. The molecule has 94 valence electrons. The minimum Gasteiger partial charge on any atom is -0.473 e. The van der Waals surface area contributed by atoms with Gasteiger partial charge in [0.15, 0.2) is 0 Å². The molecule has 0 fully saturated rings. The Hall–Kier alpha value is -1.35. The van der Waals surface area contributed by atoms with Crippen molar-refractivity contribution in [2.45, 2.75) is 39.8 Å². The maximum Gasteiger partial charge on any atom is 0.214 e. The lowest BCUT2D eigenvalue weighted by Crippen LogP contribution is -2.35. The second-order valence-corrected chi connectivity index (χ2v) is 5.16. The molecule has 0 saturated heterocycles. The lowest BCUT2D eigenvalue weighted by Gasteiger charge is -2.20. The van der Waals surface area contributed by atoms with Crippen molar-refractivity contribution in [3.8, 4) is 5.88 Å². The van der Waals surface area contributed by atoms with Gasteiger partial charge in [0.25, 0.3) is 0 Å². The van der Waals surface area contributed by atoms with Crippen molar-refractivity contribution in [1.29, 1.82) is 0 Å². The monoisotopic (exact) mass is 234 g/mol. The van der Waals surface area contributed by atoms with Crippen LogP contribution in [0.5, 0.6) is 5.88 Å². The smallest absolute Gasteiger partial charge is 0.214 e. The van der Waals surface area contributed by atoms with E-state index < -0.39 is 0 Å². The van der Waals surface area contributed by atoms with Gasteiger partial charge < -0.3 is 10.1 Å². The van der Waals surface area contributed by atoms with Crippen molar-refractivity contribution in [3.63, 3.8) is 0 Å². The first-order valence-corrected chi connectivity index (χ1v) is 5.87. The van der Waals surface area contributed by atoms with E-state index in [0.717, 1.165) is 12.2 Å². The topological polar surface area (TPSA) is 34.1 Å². The number of rotatable bonds is 5. The predicted octanol–water partition coefficient (Wildman–Crippen LogP) is 2.84. The summed E-state index contributed by atoms with van der Waals surface area (Å²) < 4.78 is 5.45. The zero-order valence-electron chi connectivity index (χ0n) is 11.2. The summed E-state index contributed by atoms with van der Waals surface area (Å²) in [7, 11) is 0. The first-order chi connectivity index (χ1) is 7.90. The molecule has 0 aliphatic rings. The number of aromatic nitrogens is 1. The van der Waals surface area contributed by atoms with Crippen LogP contribution in [0.2, 0.25) is 0 Å². The van der Waals surface area contributed by atoms with E-state index in [9.17, 15) is 0 Å². The van der Waals surface area contributed by atoms with Crippen molar-refractivity contribution in [1.82, 2.24) is 10.3 Å². The van der Waals surface area contributed by atoms with Crippen molar-refractivity contribution in [2.24, 2.45) is 0 Å². The van der Waals surface area contributed by atoms with E-state index in [2.05, 4.69) is 43.7 Å². The Morgan fingerprint density at radius 3 is 2.71 bits per heavy atom. The lowest BCUT2D eigenvalue weighted by atomic mass is 10.1. The number of nitrogens with one attached hydrogen (secondary N) is 1. The standard InChI is InChI=1S/C14H22N2O/c1-6-7-17-13-9-12(8-11(2)16-13)10-15-14(3,4)5/h6,8-9,15H,1,7,10H2,2-5H3. The molecule has 0 aliphatic carbocycles. The van der Waals surface area contributed by atoms with Crippen LogP contribution in [0, 0.1) is 6.92 Å². The van der Waals surface area contributed by atoms with Crippen LogP contribution >= 0.6 is 0 Å². The van der Waals surface area contributed by atoms with Gasteiger partial charge >= 0.3 is 0 Å². The third-order valence-corrected chi connectivity index (χ3v) is 2.16. The Morgan fingerprint density at radius 2 is 2.12 bits per heavy atom. The van der Waals surface area contributed by atoms with E-state index in [4.69, 9.17) is 4.74 Å². The third-order valence-electron chi connectivity index (χ3n) is 2.16. The normalized spacial score (nSPS) is 11.3. The molecule has 0 atom stereocenters. The molecule has 1 heterocycles. The summed E-state index contributed by atoms with van der Waals surface area (Å²) in [6, 6.07) is 4.04. The summed E-state index contributed by atoms with van der Waals surface area (Å²) in [5.74, 6) is 0.663. The Morgan fingerprint density at radius 1 is 1.41 bits per heavy atom. The minimum absolute atomic E-state index is 0.110. The molecule has 0 bridgehead atoms. The average Bonchev–Trinajstić information content (AvgIpc) is 2.22. The SMILES string of the molecule is C=CCOc1cc(CNC(C)(C)C)cc(C)n1. The first-order valence-electron chi connectivity index (χ1n) is 5.87. The molecular formula is C14H22N2O. The molecule has 1 rings (SSSR count). The number of pyridine rings is 1. The molecule has 1 N–H and O–H groups in total. The summed E-state index contributed by atoms with van der Waals surface area (Å²) in [4.78, 5) is 4.32. The summed E-state index contributed by atoms with van der Waals surface area (Å²) in [6.07, 6.45) is 1.72. The van der Waals surface area contributed by atoms with Gasteiger partial charge in [-0.05, 0) is 39.3 Å². The second kappa shape index (κ2) is 5.82. The van der Waals surface area contributed by atoms with Gasteiger partial charge in [-0.15, -0.1) is 0 Å². The van der Waals surface area contributed by atoms with Crippen LogP contribution in [0.1, 0.15) is 32.0 Å². The maximum atomic E-state index is 5.45. The van der Waals surface area contributed by atoms with Crippen molar-refractivity contribution in [2.75, 3.05) is 6.61 Å². The average molecular weight is 234 g/mol. The van der Waals surface area contributed by atoms with E-state index in [1.165, 1.54) is 5.56 Å². The Balaban J connectivity index is 2.71. The number of nitrogens with zero attached hydrogens (tertiary/aromatic N) is 1. The van der Waals surface area contributed by atoms with E-state index in [0.29, 0.717) is 12.5 Å². The summed E-state index contributed by atoms with van der Waals surface area (Å²) in [6.45, 7) is 13.4. The minimum atomic E-state index is 0.110. The van der Waals surface area contributed by atoms with Gasteiger partial charge in [-0.2, -0.15) is 0 Å². The molecule has 3 heteroatoms. The number of hydrogen-bond donors (Lipinski definition) is 1. The Labute approximate surface area is 104 Å². The molecule has 1 aromatic rings. The van der Waals surface area contributed by atoms with Gasteiger partial charge in [0.2, 0.25) is 5.88 Å². The fourth-order valence-corrected chi connectivity index (χ4v) is 1.39. The van der Waals surface area contributed by atoms with Gasteiger partial charge in [-0.3, -0.25) is 0 Å². The highest BCUT2D eigenvalue weighted by atomic mass is 16.5. The van der Waals surface area contributed by atoms with E-state index >= 15 is 0 Å². The maximum absolute atomic E-state index is 5.45. The molecule has 0 saturated carbocycles. The molecule has 0 spiro atoms. The summed E-state index contributed by atoms with van der Waals surface area (Å²) >= 11 is 0. The van der Waals surface area contributed by atoms with E-state index in [1.807, 2.05) is 13.0 Å². The molecule has 0 radical (unpaired) electrons. The van der Waals surface area contributed by atoms with Gasteiger partial charge in [-0.25, -0.2) is 4.98 Å². The van der Waals surface area contributed by atoms with Crippen molar-refractivity contribution in [3.05, 3.63) is 36.0 Å². The molecular weight excluding hydrogens is 212 g/mol. The summed E-state index contributed by atoms with van der Waals surface area (Å²) in [5.41, 5.74) is 2.27. The van der Waals surface area contributed by atoms with Gasteiger partial charge in [0, 0.05) is 23.8 Å². The molecule has 17 heavy (non-hydrogen) atoms. The van der Waals surface area contributed by atoms with Crippen LogP contribution in [-0.2, 0) is 6.54 Å². The van der Waals surface area contributed by atoms with Crippen LogP contribution in [0.25, 0.3) is 0 Å². The molecule has 0 aromatic carbocycles. The van der Waals surface area contributed by atoms with E-state index in [1.54, 1.807) is 6.08 Å². The fraction of sp³-hybridized carbons (Fsp3) is 0.500. The molecule has 0 amide bonds. The van der Waals surface area contributed by atoms with Crippen molar-refractivity contribution < 1.29 is 4.74 Å². The number of ether oxygens (including phenoxy) is 1. The Kier molecular flexibility index (Phi) is 4.70.